The van der Waals surface area contributed by atoms with Crippen LogP contribution in [0.15, 0.2) is 80.6 Å². The molecule has 177 valence electrons. The van der Waals surface area contributed by atoms with Crippen LogP contribution in [0.25, 0.3) is 5.32 Å². The summed E-state index contributed by atoms with van der Waals surface area (Å²) in [5.74, 6) is -0.907. The van der Waals surface area contributed by atoms with Gasteiger partial charge in [0.05, 0.1) is 30.6 Å². The summed E-state index contributed by atoms with van der Waals surface area (Å²) in [5, 5.41) is 3.00. The zero-order chi connectivity index (χ0) is 22.5. The summed E-state index contributed by atoms with van der Waals surface area (Å²) in [4.78, 5) is 38.6. The van der Waals surface area contributed by atoms with E-state index in [1.165, 1.54) is 50.9 Å². The van der Waals surface area contributed by atoms with Gasteiger partial charge in [0.25, 0.3) is 16.5 Å². The van der Waals surface area contributed by atoms with Crippen LogP contribution in [0.3, 0.4) is 0 Å². The molecule has 3 aromatic rings. The monoisotopic (exact) mass is 515 g/mol. The Kier molecular flexibility index (Phi) is 14.7. The summed E-state index contributed by atoms with van der Waals surface area (Å²) < 4.78 is 16.0. The molecule has 1 radical (unpaired) electrons. The fourth-order valence-electron chi connectivity index (χ4n) is 2.90. The largest absolute Gasteiger partial charge is 3.00 e. The Bertz CT molecular complexity index is 826. The van der Waals surface area contributed by atoms with Crippen LogP contribution in [0.4, 0.5) is 0 Å². The van der Waals surface area contributed by atoms with Crippen molar-refractivity contribution in [3.8, 4) is 0 Å². The molecule has 3 aromatic heterocycles. The third kappa shape index (κ3) is 8.63. The van der Waals surface area contributed by atoms with Gasteiger partial charge in [-0.05, 0) is 30.4 Å². The Balaban J connectivity index is 0.000000534. The fraction of sp³-hybridized carbons (Fsp3) is 0.217. The van der Waals surface area contributed by atoms with Crippen LogP contribution < -0.4 is 16.5 Å². The number of hydrogen-bond donors (Lipinski definition) is 1. The molecule has 0 spiro atoms. The Morgan fingerprint density at radius 2 is 1.03 bits per heavy atom. The van der Waals surface area contributed by atoms with Gasteiger partial charge in [0.2, 0.25) is 0 Å². The SMILES string of the molecule is C1CCCC1.O=C1C=CC(=O)[N-]1.O[P+](c1ccco1)(c1ccco1)c1ccco1.[CH-]=O.[CH3-].[Fe+3]. The van der Waals surface area contributed by atoms with Crippen LogP contribution in [0.1, 0.15) is 32.1 Å². The third-order valence-electron chi connectivity index (χ3n) is 4.31. The standard InChI is InChI=1S/C12H10O4P.C5H10.C4H3NO2.CHO.CH3.Fe/c13-17(10-4-1-7-14-10,11-5-2-8-15-11)12-6-3-9-16-12;1-2-4-5-3-1;6-3-1-2-4(7)5-3;1-2;;/h1-9,13H;1-5H2;1-2H,(H,5,6,7);1H;1H3;/q+1;;;2*-1;+3/p-1. The van der Waals surface area contributed by atoms with Crippen LogP contribution in [0.2, 0.25) is 0 Å². The van der Waals surface area contributed by atoms with Gasteiger partial charge in [0, 0.05) is 18.2 Å². The molecule has 0 saturated heterocycles. The van der Waals surface area contributed by atoms with E-state index >= 15 is 0 Å². The summed E-state index contributed by atoms with van der Waals surface area (Å²) >= 11 is 0. The first kappa shape index (κ1) is 30.3. The average molecular weight is 515 g/mol. The molecule has 0 atom stereocenters. The van der Waals surface area contributed by atoms with E-state index < -0.39 is 19.3 Å². The van der Waals surface area contributed by atoms with E-state index in [2.05, 4.69) is 12.1 Å². The van der Waals surface area contributed by atoms with E-state index in [0.29, 0.717) is 16.5 Å². The third-order valence-corrected chi connectivity index (χ3v) is 6.99. The first-order chi connectivity index (χ1) is 15.1. The van der Waals surface area contributed by atoms with Gasteiger partial charge in [0.15, 0.2) is 0 Å². The second-order valence-corrected chi connectivity index (χ2v) is 8.97. The van der Waals surface area contributed by atoms with Crippen LogP contribution >= 0.6 is 7.49 Å². The van der Waals surface area contributed by atoms with Gasteiger partial charge in [-0.25, -0.2) is 4.89 Å². The molecule has 1 aliphatic heterocycles. The molecule has 2 aliphatic rings. The van der Waals surface area contributed by atoms with Crippen LogP contribution in [-0.4, -0.2) is 23.5 Å². The molecule has 0 aromatic carbocycles. The van der Waals surface area contributed by atoms with Crippen molar-refractivity contribution < 1.29 is 49.6 Å². The van der Waals surface area contributed by atoms with Crippen molar-refractivity contribution in [2.24, 2.45) is 0 Å². The Labute approximate surface area is 204 Å². The maximum Gasteiger partial charge on any atom is 3.00 e. The number of furan rings is 3. The van der Waals surface area contributed by atoms with Gasteiger partial charge in [-0.2, -0.15) is 0 Å². The number of imide groups is 1. The van der Waals surface area contributed by atoms with Crippen molar-refractivity contribution in [3.63, 3.8) is 0 Å². The minimum atomic E-state index is -2.88. The van der Waals surface area contributed by atoms with Gasteiger partial charge < -0.3 is 40.4 Å². The number of nitrogens with zero attached hydrogens (tertiary/aromatic N) is 1. The van der Waals surface area contributed by atoms with E-state index in [1.54, 1.807) is 36.4 Å². The normalized spacial score (nSPS) is 13.6. The van der Waals surface area contributed by atoms with Crippen molar-refractivity contribution in [3.05, 3.63) is 80.1 Å². The predicted molar refractivity (Wildman–Crippen MR) is 123 cm³/mol. The molecule has 2 amide bonds. The summed E-state index contributed by atoms with van der Waals surface area (Å²) in [5.41, 5.74) is 1.38. The maximum absolute atomic E-state index is 10.9. The first-order valence-corrected chi connectivity index (χ1v) is 11.3. The van der Waals surface area contributed by atoms with Gasteiger partial charge in [-0.15, -0.1) is 0 Å². The van der Waals surface area contributed by atoms with Gasteiger partial charge in [-0.3, -0.25) is 6.79 Å². The zero-order valence-electron chi connectivity index (χ0n) is 18.1. The topological polar surface area (TPSA) is 125 Å². The average Bonchev–Trinajstić information content (AvgIpc) is 3.60. The van der Waals surface area contributed by atoms with Gasteiger partial charge in [-0.1, -0.05) is 32.1 Å². The van der Waals surface area contributed by atoms with Crippen molar-refractivity contribution in [1.82, 2.24) is 0 Å². The molecule has 1 saturated carbocycles. The smallest absolute Gasteiger partial charge is 0.589 e. The number of amides is 2. The first-order valence-electron chi connectivity index (χ1n) is 9.56. The molecular weight excluding hydrogens is 489 g/mol. The van der Waals surface area contributed by atoms with Crippen LogP contribution in [0.5, 0.6) is 0 Å². The molecule has 10 heteroatoms. The molecule has 1 fully saturated rings. The molecule has 5 rings (SSSR count). The number of carbonyl (C=O) groups excluding carboxylic acids is 3. The van der Waals surface area contributed by atoms with E-state index in [0.717, 1.165) is 12.2 Å². The van der Waals surface area contributed by atoms with Crippen LogP contribution in [-0.2, 0) is 31.5 Å². The number of hydrogen-bond acceptors (Lipinski definition) is 7. The Hall–Kier alpha value is -2.70. The second-order valence-electron chi connectivity index (χ2n) is 6.38. The van der Waals surface area contributed by atoms with E-state index in [-0.39, 0.29) is 24.5 Å². The molecule has 0 bridgehead atoms. The van der Waals surface area contributed by atoms with Gasteiger partial charge >= 0.3 is 24.6 Å². The zero-order valence-corrected chi connectivity index (χ0v) is 20.1. The summed E-state index contributed by atoms with van der Waals surface area (Å²) in [6.45, 7) is 3.25. The van der Waals surface area contributed by atoms with E-state index in [9.17, 15) is 14.5 Å². The van der Waals surface area contributed by atoms with Crippen molar-refractivity contribution >= 4 is 42.6 Å². The predicted octanol–water partition coefficient (Wildman–Crippen LogP) is 3.77. The Morgan fingerprint density at radius 1 is 0.727 bits per heavy atom. The maximum atomic E-state index is 10.9. The minimum Gasteiger partial charge on any atom is -0.589 e. The minimum absolute atomic E-state index is 0. The van der Waals surface area contributed by atoms with Crippen molar-refractivity contribution in [1.29, 1.82) is 0 Å². The molecule has 4 heterocycles. The van der Waals surface area contributed by atoms with Gasteiger partial charge in [0.1, 0.15) is 0 Å². The molecule has 1 aliphatic carbocycles. The summed E-state index contributed by atoms with van der Waals surface area (Å²) in [6.07, 6.45) is 14.3. The summed E-state index contributed by atoms with van der Waals surface area (Å²) in [6, 6.07) is 10.3. The second kappa shape index (κ2) is 16.0. The molecule has 8 nitrogen and oxygen atoms in total. The molecule has 1 N–H and O–H groups in total. The fourth-order valence-corrected chi connectivity index (χ4v) is 5.09. The number of carbonyl (C=O) groups is 2. The summed E-state index contributed by atoms with van der Waals surface area (Å²) in [7, 11) is -2.88. The molecule has 0 unspecified atom stereocenters. The number of rotatable bonds is 3. The molecule has 33 heavy (non-hydrogen) atoms. The Morgan fingerprint density at radius 3 is 1.21 bits per heavy atom. The van der Waals surface area contributed by atoms with Crippen LogP contribution in [0, 0.1) is 7.43 Å². The van der Waals surface area contributed by atoms with E-state index in [4.69, 9.17) is 18.0 Å². The van der Waals surface area contributed by atoms with Crippen molar-refractivity contribution in [2.45, 2.75) is 32.1 Å². The van der Waals surface area contributed by atoms with E-state index in [1.807, 2.05) is 0 Å². The van der Waals surface area contributed by atoms with Crippen molar-refractivity contribution in [2.75, 3.05) is 0 Å². The quantitative estimate of drug-likeness (QED) is 0.185. The molecular formula is C23H26FeNO7P+.